The Bertz CT molecular complexity index is 1030. The lowest BCUT2D eigenvalue weighted by Crippen LogP contribution is -2.43. The zero-order valence-corrected chi connectivity index (χ0v) is 18.4. The van der Waals surface area contributed by atoms with Gasteiger partial charge in [-0.3, -0.25) is 4.79 Å². The highest BCUT2D eigenvalue weighted by Crippen LogP contribution is 2.20. The van der Waals surface area contributed by atoms with E-state index >= 15 is 0 Å². The molecular formula is C20H28N4O5S. The molecule has 1 amide bonds. The lowest BCUT2D eigenvalue weighted by molar-refractivity contribution is -0.136. The highest BCUT2D eigenvalue weighted by Gasteiger charge is 2.34. The Hall–Kier alpha value is -2.49. The molecule has 164 valence electrons. The first-order chi connectivity index (χ1) is 14.2. The number of carbonyl (C=O) groups excluding carboxylic acids is 2. The van der Waals surface area contributed by atoms with E-state index < -0.39 is 22.4 Å². The zero-order valence-electron chi connectivity index (χ0n) is 17.6. The number of nitrogens with zero attached hydrogens (tertiary/aromatic N) is 4. The molecule has 0 saturated carbocycles. The van der Waals surface area contributed by atoms with Crippen molar-refractivity contribution < 1.29 is 22.7 Å². The number of ether oxygens (including phenoxy) is 1. The van der Waals surface area contributed by atoms with Gasteiger partial charge in [0.2, 0.25) is 0 Å². The highest BCUT2D eigenvalue weighted by molar-refractivity contribution is 7.91. The third kappa shape index (κ3) is 4.97. The molecule has 30 heavy (non-hydrogen) atoms. The van der Waals surface area contributed by atoms with Gasteiger partial charge in [-0.1, -0.05) is 13.3 Å². The van der Waals surface area contributed by atoms with E-state index in [-0.39, 0.29) is 35.1 Å². The number of fused-ring (bicyclic) bond motifs is 1. The first-order valence-electron chi connectivity index (χ1n) is 10.2. The van der Waals surface area contributed by atoms with Gasteiger partial charge in [0.1, 0.15) is 0 Å². The summed E-state index contributed by atoms with van der Waals surface area (Å²) in [5.41, 5.74) is 0.910. The molecule has 3 rings (SSSR count). The lowest BCUT2D eigenvalue weighted by atomic mass is 10.2. The van der Waals surface area contributed by atoms with Crippen LogP contribution in [0, 0.1) is 0 Å². The van der Waals surface area contributed by atoms with Crippen LogP contribution in [-0.2, 0) is 19.4 Å². The molecule has 1 aliphatic rings. The summed E-state index contributed by atoms with van der Waals surface area (Å²) in [6.45, 7) is 6.00. The van der Waals surface area contributed by atoms with E-state index in [1.807, 2.05) is 20.8 Å². The van der Waals surface area contributed by atoms with Gasteiger partial charge >= 0.3 is 5.97 Å². The van der Waals surface area contributed by atoms with E-state index in [4.69, 9.17) is 4.74 Å². The van der Waals surface area contributed by atoms with Crippen molar-refractivity contribution in [1.29, 1.82) is 0 Å². The number of pyridine rings is 1. The second-order valence-electron chi connectivity index (χ2n) is 7.89. The molecule has 0 aromatic carbocycles. The van der Waals surface area contributed by atoms with Crippen molar-refractivity contribution in [2.75, 3.05) is 24.7 Å². The van der Waals surface area contributed by atoms with E-state index in [0.717, 1.165) is 12.8 Å². The van der Waals surface area contributed by atoms with Gasteiger partial charge in [0, 0.05) is 30.2 Å². The number of carbonyl (C=O) groups is 2. The minimum atomic E-state index is -3.12. The molecule has 0 unspecified atom stereocenters. The van der Waals surface area contributed by atoms with Crippen LogP contribution in [0.3, 0.4) is 0 Å². The molecular weight excluding hydrogens is 408 g/mol. The van der Waals surface area contributed by atoms with Gasteiger partial charge in [0.05, 0.1) is 23.3 Å². The van der Waals surface area contributed by atoms with Gasteiger partial charge in [0.25, 0.3) is 5.91 Å². The van der Waals surface area contributed by atoms with E-state index in [1.54, 1.807) is 21.8 Å². The molecule has 3 heterocycles. The van der Waals surface area contributed by atoms with Crippen molar-refractivity contribution in [3.63, 3.8) is 0 Å². The van der Waals surface area contributed by atoms with Gasteiger partial charge in [-0.2, -0.15) is 5.10 Å². The molecule has 1 atom stereocenters. The maximum atomic E-state index is 12.7. The quantitative estimate of drug-likeness (QED) is 0.582. The van der Waals surface area contributed by atoms with Crippen LogP contribution in [0.2, 0.25) is 0 Å². The van der Waals surface area contributed by atoms with Crippen LogP contribution in [0.1, 0.15) is 56.4 Å². The number of unbranched alkanes of at least 4 members (excludes halogenated alkanes) is 1. The Morgan fingerprint density at radius 1 is 1.33 bits per heavy atom. The van der Waals surface area contributed by atoms with E-state index in [2.05, 4.69) is 10.1 Å². The Balaban J connectivity index is 1.66. The topological polar surface area (TPSA) is 111 Å². The first kappa shape index (κ1) is 22.2. The van der Waals surface area contributed by atoms with Crippen LogP contribution < -0.4 is 0 Å². The number of sulfone groups is 1. The van der Waals surface area contributed by atoms with E-state index in [9.17, 15) is 18.0 Å². The van der Waals surface area contributed by atoms with Crippen LogP contribution in [-0.4, -0.2) is 70.7 Å². The van der Waals surface area contributed by atoms with Crippen molar-refractivity contribution in [3.05, 3.63) is 24.0 Å². The number of hydrogen-bond donors (Lipinski definition) is 0. The van der Waals surface area contributed by atoms with Crippen molar-refractivity contribution in [1.82, 2.24) is 19.7 Å². The Morgan fingerprint density at radius 2 is 2.10 bits per heavy atom. The maximum absolute atomic E-state index is 12.7. The Kier molecular flexibility index (Phi) is 6.74. The van der Waals surface area contributed by atoms with Crippen molar-refractivity contribution >= 4 is 32.7 Å². The van der Waals surface area contributed by atoms with Crippen molar-refractivity contribution in [2.24, 2.45) is 0 Å². The van der Waals surface area contributed by atoms with Crippen LogP contribution in [0.25, 0.3) is 11.0 Å². The monoisotopic (exact) mass is 436 g/mol. The van der Waals surface area contributed by atoms with Gasteiger partial charge in [-0.05, 0) is 32.8 Å². The summed E-state index contributed by atoms with van der Waals surface area (Å²) in [4.78, 5) is 31.0. The third-order valence-electron chi connectivity index (χ3n) is 5.21. The summed E-state index contributed by atoms with van der Waals surface area (Å²) in [5.74, 6) is -0.968. The molecule has 0 N–H and O–H groups in total. The standard InChI is InChI=1S/C20H28N4O5S/c1-4-5-7-23(17-6-8-30(27,28)13-17)18(25)12-29-20(26)16-9-15-11-22-24(14(2)3)19(15)21-10-16/h9-11,14,17H,4-8,12-13H2,1-3H3/t17-/m1/s1. The zero-order chi connectivity index (χ0) is 21.9. The molecule has 1 aliphatic heterocycles. The molecule has 0 radical (unpaired) electrons. The van der Waals surface area contributed by atoms with E-state index in [0.29, 0.717) is 24.0 Å². The van der Waals surface area contributed by atoms with Gasteiger partial charge in [-0.15, -0.1) is 0 Å². The smallest absolute Gasteiger partial charge is 0.340 e. The number of rotatable bonds is 8. The average molecular weight is 437 g/mol. The Morgan fingerprint density at radius 3 is 2.73 bits per heavy atom. The van der Waals surface area contributed by atoms with Crippen LogP contribution in [0.5, 0.6) is 0 Å². The fourth-order valence-electron chi connectivity index (χ4n) is 3.58. The van der Waals surface area contributed by atoms with Gasteiger partial charge in [0.15, 0.2) is 22.1 Å². The van der Waals surface area contributed by atoms with Gasteiger partial charge in [-0.25, -0.2) is 22.9 Å². The maximum Gasteiger partial charge on any atom is 0.340 e. The minimum Gasteiger partial charge on any atom is -0.452 e. The molecule has 10 heteroatoms. The average Bonchev–Trinajstić information content (AvgIpc) is 3.28. The summed E-state index contributed by atoms with van der Waals surface area (Å²) in [6, 6.07) is 1.42. The highest BCUT2D eigenvalue weighted by atomic mass is 32.2. The van der Waals surface area contributed by atoms with Crippen LogP contribution in [0.4, 0.5) is 0 Å². The molecule has 9 nitrogen and oxygen atoms in total. The lowest BCUT2D eigenvalue weighted by Gasteiger charge is -2.28. The summed E-state index contributed by atoms with van der Waals surface area (Å²) < 4.78 is 30.6. The summed E-state index contributed by atoms with van der Waals surface area (Å²) >= 11 is 0. The summed E-state index contributed by atoms with van der Waals surface area (Å²) in [5, 5.41) is 4.98. The first-order valence-corrected chi connectivity index (χ1v) is 12.0. The SMILES string of the molecule is CCCCN(C(=O)COC(=O)c1cnc2c(cnn2C(C)C)c1)[C@@H]1CCS(=O)(=O)C1. The molecule has 1 fully saturated rings. The van der Waals surface area contributed by atoms with E-state index in [1.165, 1.54) is 6.20 Å². The van der Waals surface area contributed by atoms with Crippen LogP contribution >= 0.6 is 0 Å². The largest absolute Gasteiger partial charge is 0.452 e. The second-order valence-corrected chi connectivity index (χ2v) is 10.1. The van der Waals surface area contributed by atoms with Crippen molar-refractivity contribution in [3.8, 4) is 0 Å². The second kappa shape index (κ2) is 9.11. The third-order valence-corrected chi connectivity index (χ3v) is 6.96. The number of amides is 1. The summed E-state index contributed by atoms with van der Waals surface area (Å²) in [6.07, 6.45) is 5.10. The minimum absolute atomic E-state index is 0.0309. The number of aromatic nitrogens is 3. The molecule has 1 saturated heterocycles. The molecule has 0 bridgehead atoms. The normalized spacial score (nSPS) is 18.1. The Labute approximate surface area is 176 Å². The molecule has 2 aromatic rings. The number of esters is 1. The predicted octanol–water partition coefficient (Wildman–Crippen LogP) is 1.98. The molecule has 0 spiro atoms. The number of hydrogen-bond acceptors (Lipinski definition) is 7. The van der Waals surface area contributed by atoms with Crippen molar-refractivity contribution in [2.45, 2.75) is 52.1 Å². The van der Waals surface area contributed by atoms with Crippen LogP contribution in [0.15, 0.2) is 18.5 Å². The van der Waals surface area contributed by atoms with Gasteiger partial charge < -0.3 is 9.64 Å². The fourth-order valence-corrected chi connectivity index (χ4v) is 5.31. The molecule has 2 aromatic heterocycles. The fraction of sp³-hybridized carbons (Fsp3) is 0.600. The molecule has 0 aliphatic carbocycles. The predicted molar refractivity (Wildman–Crippen MR) is 112 cm³/mol. The summed E-state index contributed by atoms with van der Waals surface area (Å²) in [7, 11) is -3.12.